The number of H-pyrrole nitrogens is 1. The van der Waals surface area contributed by atoms with E-state index in [1.165, 1.54) is 6.33 Å². The average Bonchev–Trinajstić information content (AvgIpc) is 3.33. The number of aromatic nitrogens is 3. The zero-order chi connectivity index (χ0) is 23.1. The molecular weight excluding hydrogens is 400 g/mol. The first-order valence-corrected chi connectivity index (χ1v) is 10.9. The van der Waals surface area contributed by atoms with E-state index in [9.17, 15) is 10.2 Å². The molecule has 2 aromatic carbocycles. The van der Waals surface area contributed by atoms with Crippen LogP contribution in [0.25, 0.3) is 11.0 Å². The maximum absolute atomic E-state index is 10.6. The lowest BCUT2D eigenvalue weighted by Gasteiger charge is -2.30. The molecule has 6 heteroatoms. The maximum atomic E-state index is 10.6. The molecule has 6 nitrogen and oxygen atoms in total. The van der Waals surface area contributed by atoms with E-state index in [1.54, 1.807) is 0 Å². The van der Waals surface area contributed by atoms with Crippen molar-refractivity contribution < 1.29 is 10.2 Å². The SMILES string of the molecule is CC(C(O)c1ccccc1)N(C)c1ncnc2[nH]ccc12.CC(C)C(O)c1ccccc1. The lowest BCUT2D eigenvalue weighted by Crippen LogP contribution is -2.35. The third-order valence-corrected chi connectivity index (χ3v) is 5.65. The second kappa shape index (κ2) is 10.9. The van der Waals surface area contributed by atoms with Gasteiger partial charge in [0.15, 0.2) is 0 Å². The first-order chi connectivity index (χ1) is 15.4. The van der Waals surface area contributed by atoms with Gasteiger partial charge in [-0.25, -0.2) is 9.97 Å². The Morgan fingerprint density at radius 3 is 1.91 bits per heavy atom. The molecule has 0 radical (unpaired) electrons. The normalized spacial score (nSPS) is 13.8. The van der Waals surface area contributed by atoms with E-state index in [2.05, 4.69) is 15.0 Å². The summed E-state index contributed by atoms with van der Waals surface area (Å²) >= 11 is 0. The highest BCUT2D eigenvalue weighted by atomic mass is 16.3. The van der Waals surface area contributed by atoms with Gasteiger partial charge in [-0.2, -0.15) is 0 Å². The van der Waals surface area contributed by atoms with Gasteiger partial charge in [0.05, 0.1) is 23.6 Å². The number of rotatable bonds is 6. The van der Waals surface area contributed by atoms with Crippen LogP contribution in [0.5, 0.6) is 0 Å². The van der Waals surface area contributed by atoms with Crippen molar-refractivity contribution in [3.8, 4) is 0 Å². The minimum absolute atomic E-state index is 0.111. The van der Waals surface area contributed by atoms with E-state index in [0.29, 0.717) is 0 Å². The summed E-state index contributed by atoms with van der Waals surface area (Å²) in [5.41, 5.74) is 2.70. The van der Waals surface area contributed by atoms with Crippen LogP contribution in [0.4, 0.5) is 5.82 Å². The molecule has 2 aromatic heterocycles. The van der Waals surface area contributed by atoms with Crippen molar-refractivity contribution >= 4 is 16.9 Å². The number of anilines is 1. The summed E-state index contributed by atoms with van der Waals surface area (Å²) in [7, 11) is 1.94. The van der Waals surface area contributed by atoms with E-state index in [4.69, 9.17) is 0 Å². The maximum Gasteiger partial charge on any atom is 0.142 e. The monoisotopic (exact) mass is 432 g/mol. The van der Waals surface area contributed by atoms with Crippen molar-refractivity contribution in [2.75, 3.05) is 11.9 Å². The molecular formula is C26H32N4O2. The molecule has 4 rings (SSSR count). The van der Waals surface area contributed by atoms with Gasteiger partial charge in [-0.15, -0.1) is 0 Å². The van der Waals surface area contributed by atoms with E-state index in [0.717, 1.165) is 28.0 Å². The molecule has 0 fully saturated rings. The quantitative estimate of drug-likeness (QED) is 0.404. The van der Waals surface area contributed by atoms with Crippen LogP contribution < -0.4 is 4.90 Å². The van der Waals surface area contributed by atoms with Gasteiger partial charge in [0.25, 0.3) is 0 Å². The zero-order valence-corrected chi connectivity index (χ0v) is 19.1. The van der Waals surface area contributed by atoms with Crippen LogP contribution in [0, 0.1) is 5.92 Å². The second-order valence-corrected chi connectivity index (χ2v) is 8.24. The molecule has 3 unspecified atom stereocenters. The fourth-order valence-electron chi connectivity index (χ4n) is 3.51. The molecule has 0 aliphatic carbocycles. The van der Waals surface area contributed by atoms with Crippen LogP contribution in [0.1, 0.15) is 44.1 Å². The summed E-state index contributed by atoms with van der Waals surface area (Å²) in [4.78, 5) is 13.6. The number of likely N-dealkylation sites (N-methyl/N-ethyl adjacent to an activating group) is 1. The number of aliphatic hydroxyl groups excluding tert-OH is 2. The van der Waals surface area contributed by atoms with E-state index in [-0.39, 0.29) is 18.1 Å². The Hall–Kier alpha value is -3.22. The van der Waals surface area contributed by atoms with Crippen LogP contribution in [-0.2, 0) is 0 Å². The molecule has 2 heterocycles. The highest BCUT2D eigenvalue weighted by Gasteiger charge is 2.23. The third-order valence-electron chi connectivity index (χ3n) is 5.65. The molecule has 168 valence electrons. The Balaban J connectivity index is 0.000000222. The minimum Gasteiger partial charge on any atom is -0.388 e. The topological polar surface area (TPSA) is 85.3 Å². The predicted molar refractivity (Wildman–Crippen MR) is 129 cm³/mol. The highest BCUT2D eigenvalue weighted by Crippen LogP contribution is 2.27. The molecule has 0 bridgehead atoms. The number of hydrogen-bond acceptors (Lipinski definition) is 5. The number of aromatic amines is 1. The molecule has 0 aliphatic rings. The van der Waals surface area contributed by atoms with Crippen LogP contribution in [-0.4, -0.2) is 38.3 Å². The predicted octanol–water partition coefficient (Wildman–Crippen LogP) is 4.89. The summed E-state index contributed by atoms with van der Waals surface area (Å²) < 4.78 is 0. The first-order valence-electron chi connectivity index (χ1n) is 10.9. The molecule has 3 N–H and O–H groups in total. The molecule has 4 aromatic rings. The first kappa shape index (κ1) is 23.4. The van der Waals surface area contributed by atoms with Crippen molar-refractivity contribution in [2.24, 2.45) is 5.92 Å². The van der Waals surface area contributed by atoms with Crippen molar-refractivity contribution in [3.05, 3.63) is 90.4 Å². The number of nitrogens with zero attached hydrogens (tertiary/aromatic N) is 3. The molecule has 32 heavy (non-hydrogen) atoms. The van der Waals surface area contributed by atoms with Crippen molar-refractivity contribution in [1.29, 1.82) is 0 Å². The van der Waals surface area contributed by atoms with Crippen LogP contribution >= 0.6 is 0 Å². The summed E-state index contributed by atoms with van der Waals surface area (Å²) in [5, 5.41) is 21.1. The largest absolute Gasteiger partial charge is 0.388 e. The molecule has 0 saturated carbocycles. The number of aliphatic hydroxyl groups is 2. The van der Waals surface area contributed by atoms with E-state index < -0.39 is 6.10 Å². The zero-order valence-electron chi connectivity index (χ0n) is 19.1. The number of nitrogens with one attached hydrogen (secondary N) is 1. The molecule has 0 saturated heterocycles. The molecule has 3 atom stereocenters. The fraction of sp³-hybridized carbons (Fsp3) is 0.308. The Bertz CT molecular complexity index is 1080. The molecule has 0 spiro atoms. The van der Waals surface area contributed by atoms with Crippen LogP contribution in [0.2, 0.25) is 0 Å². The Kier molecular flexibility index (Phi) is 7.98. The second-order valence-electron chi connectivity index (χ2n) is 8.24. The lowest BCUT2D eigenvalue weighted by molar-refractivity contribution is 0.127. The van der Waals surface area contributed by atoms with Crippen molar-refractivity contribution in [1.82, 2.24) is 15.0 Å². The Morgan fingerprint density at radius 1 is 0.781 bits per heavy atom. The summed E-state index contributed by atoms with van der Waals surface area (Å²) in [5.74, 6) is 1.10. The van der Waals surface area contributed by atoms with Gasteiger partial charge in [0.1, 0.15) is 17.8 Å². The van der Waals surface area contributed by atoms with Gasteiger partial charge in [0.2, 0.25) is 0 Å². The van der Waals surface area contributed by atoms with Gasteiger partial charge in [-0.1, -0.05) is 74.5 Å². The van der Waals surface area contributed by atoms with Crippen molar-refractivity contribution in [3.63, 3.8) is 0 Å². The summed E-state index contributed by atoms with van der Waals surface area (Å²) in [6, 6.07) is 21.2. The number of hydrogen-bond donors (Lipinski definition) is 3. The summed E-state index contributed by atoms with van der Waals surface area (Å²) in [6.45, 7) is 6.01. The number of fused-ring (bicyclic) bond motifs is 1. The van der Waals surface area contributed by atoms with Crippen LogP contribution in [0.3, 0.4) is 0 Å². The average molecular weight is 433 g/mol. The van der Waals surface area contributed by atoms with Gasteiger partial charge in [-0.3, -0.25) is 0 Å². The van der Waals surface area contributed by atoms with E-state index in [1.807, 2.05) is 106 Å². The molecule has 0 amide bonds. The lowest BCUT2D eigenvalue weighted by atomic mass is 10.00. The highest BCUT2D eigenvalue weighted by molar-refractivity contribution is 5.87. The van der Waals surface area contributed by atoms with Crippen molar-refractivity contribution in [2.45, 2.75) is 39.0 Å². The van der Waals surface area contributed by atoms with Gasteiger partial charge in [0, 0.05) is 13.2 Å². The van der Waals surface area contributed by atoms with Gasteiger partial charge in [-0.05, 0) is 30.0 Å². The minimum atomic E-state index is -0.583. The van der Waals surface area contributed by atoms with Gasteiger partial charge >= 0.3 is 0 Å². The van der Waals surface area contributed by atoms with Gasteiger partial charge < -0.3 is 20.1 Å². The smallest absolute Gasteiger partial charge is 0.142 e. The fourth-order valence-corrected chi connectivity index (χ4v) is 3.51. The van der Waals surface area contributed by atoms with Crippen LogP contribution in [0.15, 0.2) is 79.3 Å². The third kappa shape index (κ3) is 5.52. The standard InChI is InChI=1S/C16H18N4O.C10H14O/c1-11(14(21)12-6-4-3-5-7-12)20(2)16-13-8-9-17-15(13)18-10-19-16;1-8(2)10(11)9-6-4-3-5-7-9/h3-11,14,21H,1-2H3,(H,17,18,19);3-8,10-11H,1-2H3. The number of benzene rings is 2. The van der Waals surface area contributed by atoms with E-state index >= 15 is 0 Å². The Labute approximate surface area is 189 Å². The summed E-state index contributed by atoms with van der Waals surface area (Å²) in [6.07, 6.45) is 2.47. The molecule has 0 aliphatic heterocycles. The Morgan fingerprint density at radius 2 is 1.34 bits per heavy atom.